The van der Waals surface area contributed by atoms with Gasteiger partial charge in [-0.15, -0.1) is 0 Å². The highest BCUT2D eigenvalue weighted by molar-refractivity contribution is 5.89. The highest BCUT2D eigenvalue weighted by atomic mass is 19.4. The number of halogens is 3. The molecule has 0 saturated heterocycles. The fraction of sp³-hybridized carbons (Fsp3) is 0.0667. The van der Waals surface area contributed by atoms with Crippen LogP contribution in [-0.2, 0) is 6.18 Å². The van der Waals surface area contributed by atoms with E-state index in [0.29, 0.717) is 5.69 Å². The lowest BCUT2D eigenvalue weighted by Gasteiger charge is -2.13. The number of nitrogens with zero attached hydrogens (tertiary/aromatic N) is 2. The maximum absolute atomic E-state index is 12.9. The lowest BCUT2D eigenvalue weighted by molar-refractivity contribution is -0.137. The molecule has 0 aliphatic carbocycles. The molecule has 2 aromatic carbocycles. The van der Waals surface area contributed by atoms with Crippen LogP contribution in [0.4, 0.5) is 19.0 Å². The fourth-order valence-electron chi connectivity index (χ4n) is 2.25. The molecular weight excluding hydrogens is 295 g/mol. The van der Waals surface area contributed by atoms with Gasteiger partial charge in [0.15, 0.2) is 0 Å². The van der Waals surface area contributed by atoms with Crippen LogP contribution in [0.15, 0.2) is 53.3 Å². The first kappa shape index (κ1) is 14.1. The zero-order chi connectivity index (χ0) is 15.9. The van der Waals surface area contributed by atoms with Crippen LogP contribution < -0.4 is 11.4 Å². The van der Waals surface area contributed by atoms with E-state index in [2.05, 4.69) is 4.98 Å². The van der Waals surface area contributed by atoms with Crippen molar-refractivity contribution in [2.45, 2.75) is 6.18 Å². The van der Waals surface area contributed by atoms with Crippen molar-refractivity contribution in [1.82, 2.24) is 9.55 Å². The van der Waals surface area contributed by atoms with Crippen molar-refractivity contribution in [3.05, 3.63) is 64.6 Å². The molecule has 0 aliphatic rings. The number of fused-ring (bicyclic) bond motifs is 1. The van der Waals surface area contributed by atoms with Crippen LogP contribution >= 0.6 is 0 Å². The molecular formula is C15H10F3N3O. The van der Waals surface area contributed by atoms with Gasteiger partial charge in [-0.3, -0.25) is 4.57 Å². The highest BCUT2D eigenvalue weighted by Gasteiger charge is 2.31. The molecule has 22 heavy (non-hydrogen) atoms. The lowest BCUT2D eigenvalue weighted by atomic mass is 10.1. The summed E-state index contributed by atoms with van der Waals surface area (Å²) in [5, 5.41) is 0.288. The average molecular weight is 305 g/mol. The number of hydrogen-bond donors (Lipinski definition) is 1. The van der Waals surface area contributed by atoms with E-state index in [-0.39, 0.29) is 16.7 Å². The normalized spacial score (nSPS) is 11.8. The summed E-state index contributed by atoms with van der Waals surface area (Å²) >= 11 is 0. The van der Waals surface area contributed by atoms with Gasteiger partial charge in [-0.05, 0) is 30.3 Å². The number of anilines is 1. The second-order valence-corrected chi connectivity index (χ2v) is 4.68. The van der Waals surface area contributed by atoms with Crippen molar-refractivity contribution in [2.75, 3.05) is 5.73 Å². The van der Waals surface area contributed by atoms with Crippen LogP contribution in [0.25, 0.3) is 16.6 Å². The molecule has 2 N–H and O–H groups in total. The Hall–Kier alpha value is -2.83. The molecule has 1 heterocycles. The van der Waals surface area contributed by atoms with Crippen molar-refractivity contribution in [1.29, 1.82) is 0 Å². The third-order valence-electron chi connectivity index (χ3n) is 3.26. The fourth-order valence-corrected chi connectivity index (χ4v) is 2.25. The van der Waals surface area contributed by atoms with Gasteiger partial charge in [-0.25, -0.2) is 4.79 Å². The van der Waals surface area contributed by atoms with Gasteiger partial charge in [0.2, 0.25) is 0 Å². The average Bonchev–Trinajstić information content (AvgIpc) is 2.47. The maximum atomic E-state index is 12.9. The van der Waals surface area contributed by atoms with Gasteiger partial charge >= 0.3 is 11.9 Å². The minimum Gasteiger partial charge on any atom is -0.383 e. The predicted octanol–water partition coefficient (Wildman–Crippen LogP) is 2.99. The van der Waals surface area contributed by atoms with Gasteiger partial charge in [-0.2, -0.15) is 18.2 Å². The summed E-state index contributed by atoms with van der Waals surface area (Å²) in [5.74, 6) is -0.0964. The first-order valence-corrected chi connectivity index (χ1v) is 6.33. The molecule has 7 heteroatoms. The van der Waals surface area contributed by atoms with Gasteiger partial charge in [0.25, 0.3) is 0 Å². The Kier molecular flexibility index (Phi) is 3.13. The minimum atomic E-state index is -4.51. The van der Waals surface area contributed by atoms with E-state index in [9.17, 15) is 18.0 Å². The van der Waals surface area contributed by atoms with E-state index in [0.717, 1.165) is 16.7 Å². The van der Waals surface area contributed by atoms with E-state index in [4.69, 9.17) is 5.73 Å². The first-order chi connectivity index (χ1) is 10.4. The highest BCUT2D eigenvalue weighted by Crippen LogP contribution is 2.32. The number of hydrogen-bond acceptors (Lipinski definition) is 3. The number of benzene rings is 2. The van der Waals surface area contributed by atoms with E-state index < -0.39 is 17.4 Å². The van der Waals surface area contributed by atoms with Crippen LogP contribution in [0, 0.1) is 0 Å². The maximum Gasteiger partial charge on any atom is 0.416 e. The molecule has 0 radical (unpaired) electrons. The van der Waals surface area contributed by atoms with Gasteiger partial charge < -0.3 is 5.73 Å². The standard InChI is InChI=1S/C15H10F3N3O/c16-15(17,18)9-6-7-11-12(8-9)21(14(22)20-13(11)19)10-4-2-1-3-5-10/h1-8H,(H2,19,20,22). The van der Waals surface area contributed by atoms with Gasteiger partial charge in [0, 0.05) is 5.39 Å². The summed E-state index contributed by atoms with van der Waals surface area (Å²) in [5.41, 5.74) is 4.57. The largest absolute Gasteiger partial charge is 0.416 e. The zero-order valence-electron chi connectivity index (χ0n) is 11.1. The second kappa shape index (κ2) is 4.87. The SMILES string of the molecule is Nc1nc(=O)n(-c2ccccc2)c2cc(C(F)(F)F)ccc12. The Morgan fingerprint density at radius 1 is 1.05 bits per heavy atom. The summed E-state index contributed by atoms with van der Waals surface area (Å²) in [6.45, 7) is 0. The van der Waals surface area contributed by atoms with Crippen LogP contribution in [0.2, 0.25) is 0 Å². The Labute approximate surface area is 122 Å². The number of rotatable bonds is 1. The number of para-hydroxylation sites is 1. The number of aromatic nitrogens is 2. The van der Waals surface area contributed by atoms with E-state index in [1.54, 1.807) is 30.3 Å². The molecule has 0 spiro atoms. The molecule has 3 aromatic rings. The van der Waals surface area contributed by atoms with Crippen molar-refractivity contribution in [3.63, 3.8) is 0 Å². The third kappa shape index (κ3) is 2.30. The monoisotopic (exact) mass is 305 g/mol. The molecule has 0 saturated carbocycles. The second-order valence-electron chi connectivity index (χ2n) is 4.68. The topological polar surface area (TPSA) is 60.9 Å². The molecule has 0 aliphatic heterocycles. The van der Waals surface area contributed by atoms with Gasteiger partial charge in [-0.1, -0.05) is 18.2 Å². The molecule has 0 amide bonds. The van der Waals surface area contributed by atoms with E-state index in [1.807, 2.05) is 0 Å². The molecule has 112 valence electrons. The van der Waals surface area contributed by atoms with E-state index >= 15 is 0 Å². The Morgan fingerprint density at radius 2 is 1.73 bits per heavy atom. The summed E-state index contributed by atoms with van der Waals surface area (Å²) in [6.07, 6.45) is -4.51. The molecule has 0 unspecified atom stereocenters. The smallest absolute Gasteiger partial charge is 0.383 e. The van der Waals surface area contributed by atoms with Crippen molar-refractivity contribution < 1.29 is 13.2 Å². The van der Waals surface area contributed by atoms with Crippen LogP contribution in [0.1, 0.15) is 5.56 Å². The van der Waals surface area contributed by atoms with Crippen molar-refractivity contribution in [3.8, 4) is 5.69 Å². The Morgan fingerprint density at radius 3 is 2.36 bits per heavy atom. The summed E-state index contributed by atoms with van der Waals surface area (Å²) in [7, 11) is 0. The summed E-state index contributed by atoms with van der Waals surface area (Å²) in [4.78, 5) is 15.8. The van der Waals surface area contributed by atoms with Crippen molar-refractivity contribution in [2.24, 2.45) is 0 Å². The molecule has 0 atom stereocenters. The van der Waals surface area contributed by atoms with E-state index in [1.165, 1.54) is 6.07 Å². The number of nitrogens with two attached hydrogens (primary N) is 1. The first-order valence-electron chi connectivity index (χ1n) is 6.33. The molecule has 0 bridgehead atoms. The van der Waals surface area contributed by atoms with Crippen molar-refractivity contribution >= 4 is 16.7 Å². The third-order valence-corrected chi connectivity index (χ3v) is 3.26. The quantitative estimate of drug-likeness (QED) is 0.752. The Bertz CT molecular complexity index is 902. The van der Waals surface area contributed by atoms with Crippen LogP contribution in [0.3, 0.4) is 0 Å². The molecule has 1 aromatic heterocycles. The predicted molar refractivity (Wildman–Crippen MR) is 76.8 cm³/mol. The van der Waals surface area contributed by atoms with Gasteiger partial charge in [0.1, 0.15) is 5.82 Å². The molecule has 3 rings (SSSR count). The number of alkyl halides is 3. The molecule has 0 fully saturated rings. The lowest BCUT2D eigenvalue weighted by Crippen LogP contribution is -2.23. The summed E-state index contributed by atoms with van der Waals surface area (Å²) < 4.78 is 39.9. The minimum absolute atomic E-state index is 0.0681. The Balaban J connectivity index is 2.42. The van der Waals surface area contributed by atoms with Crippen LogP contribution in [0.5, 0.6) is 0 Å². The van der Waals surface area contributed by atoms with Gasteiger partial charge in [0.05, 0.1) is 16.8 Å². The molecule has 4 nitrogen and oxygen atoms in total. The summed E-state index contributed by atoms with van der Waals surface area (Å²) in [6, 6.07) is 11.4. The zero-order valence-corrected chi connectivity index (χ0v) is 11.1. The van der Waals surface area contributed by atoms with Crippen LogP contribution in [-0.4, -0.2) is 9.55 Å². The number of nitrogen functional groups attached to an aromatic ring is 1.